The number of pyridine rings is 1. The standard InChI is InChI=1S/C21H12F4NO4S.CHF3O3S/c1-26-19-13-5-2-3-7-14(13)29-15-8-4-6-11(17(15)19)12-9-10-16(18(22)20(12)26)30-31(27,28)21(23,24)25;2-1(3,4)8(5,6)7/h2-10H,1H3;(H,5,6,7)/q+1;/p-1. The molecule has 8 nitrogen and oxygen atoms in total. The Kier molecular flexibility index (Phi) is 6.68. The number of ether oxygens (including phenoxy) is 1. The first-order valence-electron chi connectivity index (χ1n) is 10.2. The minimum Gasteiger partial charge on any atom is -0.741 e. The largest absolute Gasteiger partial charge is 0.741 e. The molecular formula is C22H12F7NO7S2. The zero-order chi connectivity index (χ0) is 29.1. The summed E-state index contributed by atoms with van der Waals surface area (Å²) in [4.78, 5) is 0. The fourth-order valence-electron chi connectivity index (χ4n) is 3.87. The minimum atomic E-state index is -6.09. The van der Waals surface area contributed by atoms with Crippen LogP contribution in [-0.2, 0) is 27.3 Å². The molecule has 0 bridgehead atoms. The number of fused-ring (bicyclic) bond motifs is 4. The third kappa shape index (κ3) is 4.92. The number of rotatable bonds is 2. The molecule has 17 heteroatoms. The number of nitrogens with zero attached hydrogens (tertiary/aromatic N) is 1. The summed E-state index contributed by atoms with van der Waals surface area (Å²) in [5.41, 5.74) is -10.2. The molecule has 0 radical (unpaired) electrons. The lowest BCUT2D eigenvalue weighted by atomic mass is 9.96. The van der Waals surface area contributed by atoms with Crippen molar-refractivity contribution >= 4 is 41.9 Å². The number of hydrogen-bond acceptors (Lipinski definition) is 7. The fourth-order valence-corrected chi connectivity index (χ4v) is 4.33. The van der Waals surface area contributed by atoms with Gasteiger partial charge >= 0.3 is 21.1 Å². The van der Waals surface area contributed by atoms with Gasteiger partial charge in [0.2, 0.25) is 11.5 Å². The van der Waals surface area contributed by atoms with Gasteiger partial charge in [0, 0.05) is 5.39 Å². The Morgan fingerprint density at radius 3 is 2.00 bits per heavy atom. The number of aromatic nitrogens is 1. The zero-order valence-corrected chi connectivity index (χ0v) is 20.6. The van der Waals surface area contributed by atoms with Gasteiger partial charge in [0.15, 0.2) is 15.9 Å². The van der Waals surface area contributed by atoms with Crippen LogP contribution in [0.3, 0.4) is 0 Å². The molecule has 39 heavy (non-hydrogen) atoms. The Morgan fingerprint density at radius 2 is 1.41 bits per heavy atom. The van der Waals surface area contributed by atoms with Gasteiger partial charge in [-0.15, -0.1) is 0 Å². The highest BCUT2D eigenvalue weighted by Gasteiger charge is 2.49. The molecule has 4 aromatic rings. The SMILES string of the molecule is C[n+]1c2c3c(cccc3c3ccc(OS(=O)(=O)C(F)(F)F)c(F)c31)Oc1ccccc1-2.O=S(=O)([O-])C(F)(F)F. The van der Waals surface area contributed by atoms with E-state index in [0.29, 0.717) is 38.9 Å². The predicted octanol–water partition coefficient (Wildman–Crippen LogP) is 5.01. The van der Waals surface area contributed by atoms with Crippen molar-refractivity contribution in [1.29, 1.82) is 0 Å². The van der Waals surface area contributed by atoms with E-state index in [1.54, 1.807) is 49.5 Å². The Balaban J connectivity index is 0.000000386. The van der Waals surface area contributed by atoms with E-state index in [4.69, 9.17) is 17.7 Å². The summed E-state index contributed by atoms with van der Waals surface area (Å²) in [6, 6.07) is 14.5. The average Bonchev–Trinajstić information content (AvgIpc) is 2.81. The maximum Gasteiger partial charge on any atom is 0.534 e. The van der Waals surface area contributed by atoms with Crippen molar-refractivity contribution in [2.24, 2.45) is 7.05 Å². The summed E-state index contributed by atoms with van der Waals surface area (Å²) >= 11 is 0. The van der Waals surface area contributed by atoms with Crippen molar-refractivity contribution < 1.29 is 65.6 Å². The van der Waals surface area contributed by atoms with Gasteiger partial charge in [-0.2, -0.15) is 43.7 Å². The monoisotopic (exact) mass is 599 g/mol. The van der Waals surface area contributed by atoms with E-state index in [2.05, 4.69) is 4.18 Å². The van der Waals surface area contributed by atoms with Crippen molar-refractivity contribution in [2.45, 2.75) is 11.0 Å². The number of aryl methyl sites for hydroxylation is 1. The normalized spacial score (nSPS) is 13.4. The van der Waals surface area contributed by atoms with Crippen LogP contribution in [0.5, 0.6) is 17.2 Å². The third-order valence-corrected chi connectivity index (χ3v) is 6.97. The highest BCUT2D eigenvalue weighted by atomic mass is 32.2. The second-order valence-electron chi connectivity index (χ2n) is 7.84. The van der Waals surface area contributed by atoms with Crippen molar-refractivity contribution in [3.05, 3.63) is 60.4 Å². The van der Waals surface area contributed by atoms with E-state index >= 15 is 4.39 Å². The highest BCUT2D eigenvalue weighted by Crippen LogP contribution is 2.46. The molecule has 0 saturated carbocycles. The maximum atomic E-state index is 15.4. The van der Waals surface area contributed by atoms with Crippen LogP contribution in [0.25, 0.3) is 32.9 Å². The Labute approximate surface area is 214 Å². The van der Waals surface area contributed by atoms with E-state index in [9.17, 15) is 34.8 Å². The van der Waals surface area contributed by atoms with Crippen LogP contribution >= 0.6 is 0 Å². The molecular weight excluding hydrogens is 587 g/mol. The highest BCUT2D eigenvalue weighted by molar-refractivity contribution is 7.88. The minimum absolute atomic E-state index is 0.105. The number of halogens is 7. The number of alkyl halides is 6. The van der Waals surface area contributed by atoms with Gasteiger partial charge in [-0.3, -0.25) is 0 Å². The molecule has 0 atom stereocenters. The van der Waals surface area contributed by atoms with E-state index in [1.165, 1.54) is 10.6 Å². The second kappa shape index (κ2) is 9.20. The summed E-state index contributed by atoms with van der Waals surface area (Å²) in [6.45, 7) is 0. The fraction of sp³-hybridized carbons (Fsp3) is 0.136. The first-order valence-corrected chi connectivity index (χ1v) is 13.0. The van der Waals surface area contributed by atoms with Gasteiger partial charge < -0.3 is 13.5 Å². The lowest BCUT2D eigenvalue weighted by molar-refractivity contribution is -0.633. The van der Waals surface area contributed by atoms with Gasteiger partial charge in [-0.25, -0.2) is 8.42 Å². The van der Waals surface area contributed by atoms with Crippen molar-refractivity contribution in [3.8, 4) is 28.5 Å². The molecule has 0 amide bonds. The molecule has 0 saturated heterocycles. The van der Waals surface area contributed by atoms with Crippen LogP contribution < -0.4 is 13.5 Å². The molecule has 0 fully saturated rings. The van der Waals surface area contributed by atoms with Gasteiger partial charge in [-0.05, 0) is 30.3 Å². The topological polar surface area (TPSA) is 114 Å². The van der Waals surface area contributed by atoms with Crippen LogP contribution in [0.4, 0.5) is 30.7 Å². The Morgan fingerprint density at radius 1 is 0.821 bits per heavy atom. The average molecular weight is 599 g/mol. The second-order valence-corrected chi connectivity index (χ2v) is 10.8. The summed E-state index contributed by atoms with van der Waals surface area (Å²) in [7, 11) is -10.6. The van der Waals surface area contributed by atoms with E-state index in [-0.39, 0.29) is 5.52 Å². The summed E-state index contributed by atoms with van der Waals surface area (Å²) in [5, 5.41) is 1.66. The molecule has 1 aromatic heterocycles. The van der Waals surface area contributed by atoms with Gasteiger partial charge in [0.05, 0.1) is 16.3 Å². The van der Waals surface area contributed by atoms with E-state index in [1.807, 2.05) is 0 Å². The molecule has 0 N–H and O–H groups in total. The van der Waals surface area contributed by atoms with E-state index < -0.39 is 42.8 Å². The summed E-state index contributed by atoms with van der Waals surface area (Å²) < 4.78 is 147. The zero-order valence-electron chi connectivity index (χ0n) is 19.0. The first kappa shape index (κ1) is 28.3. The molecule has 5 rings (SSSR count). The van der Waals surface area contributed by atoms with Gasteiger partial charge in [-0.1, -0.05) is 24.3 Å². The van der Waals surface area contributed by atoms with Gasteiger partial charge in [0.25, 0.3) is 5.52 Å². The molecule has 1 aliphatic heterocycles. The Bertz CT molecular complexity index is 1850. The van der Waals surface area contributed by atoms with Crippen molar-refractivity contribution in [3.63, 3.8) is 0 Å². The molecule has 0 spiro atoms. The summed E-state index contributed by atoms with van der Waals surface area (Å²) in [6.07, 6.45) is 0. The van der Waals surface area contributed by atoms with Crippen LogP contribution in [0.15, 0.2) is 54.6 Å². The predicted molar refractivity (Wildman–Crippen MR) is 119 cm³/mol. The van der Waals surface area contributed by atoms with Crippen LogP contribution in [0, 0.1) is 5.82 Å². The number of benzene rings is 3. The van der Waals surface area contributed by atoms with Crippen LogP contribution in [-0.4, -0.2) is 32.4 Å². The summed E-state index contributed by atoms with van der Waals surface area (Å²) in [5.74, 6) is -1.18. The molecule has 0 unspecified atom stereocenters. The number of para-hydroxylation sites is 1. The van der Waals surface area contributed by atoms with Crippen molar-refractivity contribution in [2.75, 3.05) is 0 Å². The first-order chi connectivity index (χ1) is 17.8. The molecule has 3 aromatic carbocycles. The number of hydrogen-bond donors (Lipinski definition) is 0. The van der Waals surface area contributed by atoms with Crippen LogP contribution in [0.2, 0.25) is 0 Å². The smallest absolute Gasteiger partial charge is 0.534 e. The molecule has 1 aliphatic rings. The molecule has 2 heterocycles. The lowest BCUT2D eigenvalue weighted by Gasteiger charge is -2.20. The lowest BCUT2D eigenvalue weighted by Crippen LogP contribution is -2.34. The Hall–Kier alpha value is -3.70. The van der Waals surface area contributed by atoms with E-state index in [0.717, 1.165) is 6.07 Å². The van der Waals surface area contributed by atoms with Gasteiger partial charge in [0.1, 0.15) is 18.5 Å². The maximum absolute atomic E-state index is 15.4. The quantitative estimate of drug-likeness (QED) is 0.0700. The van der Waals surface area contributed by atoms with Crippen molar-refractivity contribution in [1.82, 2.24) is 0 Å². The van der Waals surface area contributed by atoms with Crippen LogP contribution in [0.1, 0.15) is 0 Å². The third-order valence-electron chi connectivity index (χ3n) is 5.43. The molecule has 208 valence electrons. The molecule has 0 aliphatic carbocycles.